The predicted octanol–water partition coefficient (Wildman–Crippen LogP) is 2.33. The molecule has 1 aliphatic carbocycles. The third-order valence-electron chi connectivity index (χ3n) is 3.15. The number of hydrogen-bond donors (Lipinski definition) is 1. The Morgan fingerprint density at radius 3 is 2.60 bits per heavy atom. The Balaban J connectivity index is 2.27. The molecule has 20 heavy (non-hydrogen) atoms. The number of nitro groups is 1. The van der Waals surface area contributed by atoms with Crippen molar-refractivity contribution in [1.29, 1.82) is 0 Å². The molecule has 1 N–H and O–H groups in total. The first kappa shape index (κ1) is 15.3. The van der Waals surface area contributed by atoms with Gasteiger partial charge in [-0.1, -0.05) is 22.4 Å². The summed E-state index contributed by atoms with van der Waals surface area (Å²) in [6.45, 7) is 0. The molecule has 1 aromatic rings. The molecule has 0 aliphatic heterocycles. The van der Waals surface area contributed by atoms with Crippen molar-refractivity contribution >= 4 is 31.6 Å². The largest absolute Gasteiger partial charge is 0.272 e. The summed E-state index contributed by atoms with van der Waals surface area (Å²) in [7, 11) is -4.03. The highest BCUT2D eigenvalue weighted by Crippen LogP contribution is 2.28. The number of rotatable bonds is 4. The maximum Gasteiger partial charge on any atom is 0.272 e. The molecule has 2 atom stereocenters. The Morgan fingerprint density at radius 2 is 2.10 bits per heavy atom. The SMILES string of the molecule is O=[N+]([O-])c1ccc(S(=O)(=O)NC2CCCC2Br)c(F)c1. The average molecular weight is 367 g/mol. The number of nitrogens with zero attached hydrogens (tertiary/aromatic N) is 1. The van der Waals surface area contributed by atoms with Crippen molar-refractivity contribution in [3.8, 4) is 0 Å². The first-order valence-electron chi connectivity index (χ1n) is 5.91. The van der Waals surface area contributed by atoms with Gasteiger partial charge in [-0.2, -0.15) is 0 Å². The molecule has 1 saturated carbocycles. The predicted molar refractivity (Wildman–Crippen MR) is 73.7 cm³/mol. The van der Waals surface area contributed by atoms with Crippen molar-refractivity contribution in [2.45, 2.75) is 35.0 Å². The van der Waals surface area contributed by atoms with Gasteiger partial charge in [-0.25, -0.2) is 17.5 Å². The van der Waals surface area contributed by atoms with Crippen LogP contribution in [0, 0.1) is 15.9 Å². The molecule has 1 aliphatic rings. The highest BCUT2D eigenvalue weighted by molar-refractivity contribution is 9.09. The van der Waals surface area contributed by atoms with E-state index in [1.165, 1.54) is 0 Å². The quantitative estimate of drug-likeness (QED) is 0.503. The topological polar surface area (TPSA) is 89.3 Å². The van der Waals surface area contributed by atoms with E-state index in [9.17, 15) is 22.9 Å². The third kappa shape index (κ3) is 3.15. The molecule has 0 bridgehead atoms. The van der Waals surface area contributed by atoms with Crippen LogP contribution >= 0.6 is 15.9 Å². The molecule has 1 aromatic carbocycles. The molecule has 0 radical (unpaired) electrons. The van der Waals surface area contributed by atoms with Crippen molar-refractivity contribution in [2.75, 3.05) is 0 Å². The van der Waals surface area contributed by atoms with Crippen LogP contribution in [-0.2, 0) is 10.0 Å². The minimum atomic E-state index is -4.03. The Hall–Kier alpha value is -1.06. The Morgan fingerprint density at radius 1 is 1.40 bits per heavy atom. The lowest BCUT2D eigenvalue weighted by atomic mass is 10.3. The third-order valence-corrected chi connectivity index (χ3v) is 5.77. The normalized spacial score (nSPS) is 22.9. The molecule has 9 heteroatoms. The van der Waals surface area contributed by atoms with E-state index >= 15 is 0 Å². The van der Waals surface area contributed by atoms with Gasteiger partial charge in [0.25, 0.3) is 5.69 Å². The fraction of sp³-hybridized carbons (Fsp3) is 0.455. The van der Waals surface area contributed by atoms with Gasteiger partial charge in [-0.15, -0.1) is 0 Å². The first-order valence-corrected chi connectivity index (χ1v) is 8.31. The summed E-state index contributed by atoms with van der Waals surface area (Å²) >= 11 is 3.37. The lowest BCUT2D eigenvalue weighted by Gasteiger charge is -2.16. The van der Waals surface area contributed by atoms with Gasteiger partial charge in [0, 0.05) is 16.9 Å². The summed E-state index contributed by atoms with van der Waals surface area (Å²) in [4.78, 5) is 9.16. The zero-order valence-electron chi connectivity index (χ0n) is 10.3. The van der Waals surface area contributed by atoms with E-state index in [4.69, 9.17) is 0 Å². The summed E-state index contributed by atoms with van der Waals surface area (Å²) < 4.78 is 40.4. The Labute approximate surface area is 123 Å². The van der Waals surface area contributed by atoms with Crippen LogP contribution in [0.15, 0.2) is 23.1 Å². The van der Waals surface area contributed by atoms with Crippen LogP contribution in [-0.4, -0.2) is 24.2 Å². The van der Waals surface area contributed by atoms with E-state index in [0.717, 1.165) is 25.0 Å². The molecule has 2 unspecified atom stereocenters. The number of hydrogen-bond acceptors (Lipinski definition) is 4. The molecular formula is C11H12BrFN2O4S. The molecular weight excluding hydrogens is 355 g/mol. The van der Waals surface area contributed by atoms with Gasteiger partial charge in [0.2, 0.25) is 10.0 Å². The number of sulfonamides is 1. The summed E-state index contributed by atoms with van der Waals surface area (Å²) in [5.74, 6) is -1.13. The maximum absolute atomic E-state index is 13.7. The van der Waals surface area contributed by atoms with Gasteiger partial charge in [-0.05, 0) is 18.9 Å². The molecule has 2 rings (SSSR count). The summed E-state index contributed by atoms with van der Waals surface area (Å²) in [5, 5.41) is 10.5. The van der Waals surface area contributed by atoms with Crippen LogP contribution in [0.1, 0.15) is 19.3 Å². The average Bonchev–Trinajstić information content (AvgIpc) is 2.73. The van der Waals surface area contributed by atoms with Crippen LogP contribution < -0.4 is 4.72 Å². The zero-order chi connectivity index (χ0) is 14.9. The van der Waals surface area contributed by atoms with Gasteiger partial charge < -0.3 is 0 Å². The van der Waals surface area contributed by atoms with Crippen LogP contribution in [0.3, 0.4) is 0 Å². The van der Waals surface area contributed by atoms with E-state index in [1.807, 2.05) is 0 Å². The number of non-ortho nitro benzene ring substituents is 1. The zero-order valence-corrected chi connectivity index (χ0v) is 12.7. The van der Waals surface area contributed by atoms with Gasteiger partial charge >= 0.3 is 0 Å². The van der Waals surface area contributed by atoms with Crippen molar-refractivity contribution in [3.63, 3.8) is 0 Å². The molecule has 0 saturated heterocycles. The van der Waals surface area contributed by atoms with Gasteiger partial charge in [0.15, 0.2) is 0 Å². The molecule has 0 heterocycles. The van der Waals surface area contributed by atoms with Crippen LogP contribution in [0.2, 0.25) is 0 Å². The van der Waals surface area contributed by atoms with E-state index < -0.39 is 31.3 Å². The minimum Gasteiger partial charge on any atom is -0.258 e. The monoisotopic (exact) mass is 366 g/mol. The molecule has 6 nitrogen and oxygen atoms in total. The van der Waals surface area contributed by atoms with Gasteiger partial charge in [0.1, 0.15) is 10.7 Å². The van der Waals surface area contributed by atoms with E-state index in [2.05, 4.69) is 20.7 Å². The van der Waals surface area contributed by atoms with Crippen molar-refractivity contribution in [3.05, 3.63) is 34.1 Å². The maximum atomic E-state index is 13.7. The van der Waals surface area contributed by atoms with Crippen LogP contribution in [0.25, 0.3) is 0 Å². The van der Waals surface area contributed by atoms with Gasteiger partial charge in [-0.3, -0.25) is 10.1 Å². The molecule has 0 aromatic heterocycles. The fourth-order valence-electron chi connectivity index (χ4n) is 2.13. The molecule has 1 fully saturated rings. The molecule has 0 spiro atoms. The fourth-order valence-corrected chi connectivity index (χ4v) is 4.40. The number of benzene rings is 1. The number of halogens is 2. The Kier molecular flexibility index (Phi) is 4.40. The van der Waals surface area contributed by atoms with E-state index in [1.54, 1.807) is 0 Å². The second kappa shape index (κ2) is 5.74. The smallest absolute Gasteiger partial charge is 0.258 e. The highest BCUT2D eigenvalue weighted by Gasteiger charge is 2.31. The summed E-state index contributed by atoms with van der Waals surface area (Å²) in [6.07, 6.45) is 2.39. The van der Waals surface area contributed by atoms with Crippen LogP contribution in [0.4, 0.5) is 10.1 Å². The van der Waals surface area contributed by atoms with E-state index in [0.29, 0.717) is 12.5 Å². The van der Waals surface area contributed by atoms with Crippen molar-refractivity contribution in [2.24, 2.45) is 0 Å². The van der Waals surface area contributed by atoms with E-state index in [-0.39, 0.29) is 10.9 Å². The van der Waals surface area contributed by atoms with Crippen LogP contribution in [0.5, 0.6) is 0 Å². The second-order valence-corrected chi connectivity index (χ2v) is 7.41. The standard InChI is InChI=1S/C11H12BrFN2O4S/c12-8-2-1-3-10(8)14-20(18,19)11-5-4-7(15(16)17)6-9(11)13/h4-6,8,10,14H,1-3H2. The van der Waals surface area contributed by atoms with Gasteiger partial charge in [0.05, 0.1) is 11.0 Å². The minimum absolute atomic E-state index is 0.0124. The second-order valence-electron chi connectivity index (χ2n) is 4.55. The molecule has 110 valence electrons. The Bertz CT molecular complexity index is 637. The number of nitrogens with one attached hydrogen (secondary N) is 1. The number of alkyl halides is 1. The summed E-state index contributed by atoms with van der Waals surface area (Å²) in [5.41, 5.74) is -0.485. The highest BCUT2D eigenvalue weighted by atomic mass is 79.9. The lowest BCUT2D eigenvalue weighted by molar-refractivity contribution is -0.385. The lowest BCUT2D eigenvalue weighted by Crippen LogP contribution is -2.38. The van der Waals surface area contributed by atoms with Crippen molar-refractivity contribution in [1.82, 2.24) is 4.72 Å². The molecule has 0 amide bonds. The summed E-state index contributed by atoms with van der Waals surface area (Å²) in [6, 6.07) is 2.19. The van der Waals surface area contributed by atoms with Crippen molar-refractivity contribution < 1.29 is 17.7 Å². The number of nitro benzene ring substituents is 1. The first-order chi connectivity index (χ1) is 9.31.